The highest BCUT2D eigenvalue weighted by Crippen LogP contribution is 2.29. The van der Waals surface area contributed by atoms with Crippen molar-refractivity contribution in [3.8, 4) is 5.75 Å². The molecule has 17 heavy (non-hydrogen) atoms. The number of alkyl halides is 1. The number of aromatic nitrogens is 2. The third-order valence-corrected chi connectivity index (χ3v) is 4.80. The van der Waals surface area contributed by atoms with Crippen LogP contribution in [0.15, 0.2) is 24.3 Å². The second kappa shape index (κ2) is 5.60. The molecule has 1 aromatic carbocycles. The summed E-state index contributed by atoms with van der Waals surface area (Å²) in [7, 11) is 0. The van der Waals surface area contributed by atoms with Crippen LogP contribution >= 0.6 is 27.3 Å². The van der Waals surface area contributed by atoms with E-state index < -0.39 is 0 Å². The standard InChI is InChI=1S/C12H13BrN2OS/c1-2-10(13)12-15-14-11(17-12)7-8-4-3-5-9(16)6-8/h3-6,10,16H,2,7H2,1H3. The van der Waals surface area contributed by atoms with Gasteiger partial charge in [-0.1, -0.05) is 46.3 Å². The molecule has 90 valence electrons. The fourth-order valence-electron chi connectivity index (χ4n) is 1.48. The highest BCUT2D eigenvalue weighted by molar-refractivity contribution is 9.09. The second-order valence-electron chi connectivity index (χ2n) is 3.76. The topological polar surface area (TPSA) is 46.0 Å². The Morgan fingerprint density at radius 3 is 2.94 bits per heavy atom. The monoisotopic (exact) mass is 312 g/mol. The molecule has 0 bridgehead atoms. The average molecular weight is 313 g/mol. The maximum Gasteiger partial charge on any atom is 0.131 e. The molecule has 0 saturated heterocycles. The molecule has 2 aromatic rings. The van der Waals surface area contributed by atoms with E-state index in [0.29, 0.717) is 5.75 Å². The van der Waals surface area contributed by atoms with Crippen molar-refractivity contribution in [2.75, 3.05) is 0 Å². The molecule has 0 aliphatic rings. The lowest BCUT2D eigenvalue weighted by Crippen LogP contribution is -1.86. The van der Waals surface area contributed by atoms with Crippen LogP contribution in [0.2, 0.25) is 0 Å². The van der Waals surface area contributed by atoms with Crippen LogP contribution in [0, 0.1) is 0 Å². The van der Waals surface area contributed by atoms with E-state index in [1.54, 1.807) is 23.5 Å². The quantitative estimate of drug-likeness (QED) is 0.876. The fourth-order valence-corrected chi connectivity index (χ4v) is 2.79. The van der Waals surface area contributed by atoms with Crippen molar-refractivity contribution < 1.29 is 5.11 Å². The Balaban J connectivity index is 2.11. The number of phenols is 1. The first-order valence-corrected chi connectivity index (χ1v) is 7.16. The van der Waals surface area contributed by atoms with Gasteiger partial charge < -0.3 is 5.11 Å². The van der Waals surface area contributed by atoms with Crippen molar-refractivity contribution in [2.45, 2.75) is 24.6 Å². The summed E-state index contributed by atoms with van der Waals surface area (Å²) in [5, 5.41) is 19.7. The van der Waals surface area contributed by atoms with Gasteiger partial charge in [0.05, 0.1) is 4.83 Å². The number of halogens is 1. The van der Waals surface area contributed by atoms with Gasteiger partial charge in [-0.3, -0.25) is 0 Å². The number of nitrogens with zero attached hydrogens (tertiary/aromatic N) is 2. The van der Waals surface area contributed by atoms with Crippen LogP contribution in [0.1, 0.15) is 33.8 Å². The van der Waals surface area contributed by atoms with Crippen molar-refractivity contribution in [3.05, 3.63) is 39.8 Å². The maximum atomic E-state index is 9.38. The van der Waals surface area contributed by atoms with Crippen LogP contribution < -0.4 is 0 Å². The lowest BCUT2D eigenvalue weighted by Gasteiger charge is -1.99. The summed E-state index contributed by atoms with van der Waals surface area (Å²) in [5.74, 6) is 0.291. The Hall–Kier alpha value is -0.940. The molecule has 0 spiro atoms. The molecule has 0 aliphatic carbocycles. The molecule has 1 atom stereocenters. The maximum absolute atomic E-state index is 9.38. The Labute approximate surface area is 113 Å². The van der Waals surface area contributed by atoms with E-state index in [0.717, 1.165) is 28.4 Å². The van der Waals surface area contributed by atoms with Crippen LogP contribution in [-0.4, -0.2) is 15.3 Å². The molecule has 1 heterocycles. The first-order chi connectivity index (χ1) is 8.19. The van der Waals surface area contributed by atoms with E-state index in [1.165, 1.54) is 0 Å². The van der Waals surface area contributed by atoms with Crippen LogP contribution in [0.3, 0.4) is 0 Å². The Kier molecular flexibility index (Phi) is 4.12. The number of hydrogen-bond acceptors (Lipinski definition) is 4. The number of aromatic hydroxyl groups is 1. The SMILES string of the molecule is CCC(Br)c1nnc(Cc2cccc(O)c2)s1. The molecule has 1 unspecified atom stereocenters. The summed E-state index contributed by atoms with van der Waals surface area (Å²) in [6, 6.07) is 7.24. The smallest absolute Gasteiger partial charge is 0.131 e. The van der Waals surface area contributed by atoms with Gasteiger partial charge in [0.25, 0.3) is 0 Å². The lowest BCUT2D eigenvalue weighted by molar-refractivity contribution is 0.474. The molecule has 0 aliphatic heterocycles. The average Bonchev–Trinajstić information content (AvgIpc) is 2.76. The Morgan fingerprint density at radius 1 is 1.41 bits per heavy atom. The number of benzene rings is 1. The Bertz CT molecular complexity index is 501. The van der Waals surface area contributed by atoms with E-state index >= 15 is 0 Å². The molecule has 0 fully saturated rings. The van der Waals surface area contributed by atoms with Crippen molar-refractivity contribution >= 4 is 27.3 Å². The minimum atomic E-state index is 0.290. The van der Waals surface area contributed by atoms with Crippen LogP contribution in [0.25, 0.3) is 0 Å². The van der Waals surface area contributed by atoms with Crippen LogP contribution in [0.4, 0.5) is 0 Å². The van der Waals surface area contributed by atoms with Crippen LogP contribution in [-0.2, 0) is 6.42 Å². The molecule has 1 N–H and O–H groups in total. The van der Waals surface area contributed by atoms with Gasteiger partial charge >= 0.3 is 0 Å². The summed E-state index contributed by atoms with van der Waals surface area (Å²) in [5.41, 5.74) is 1.05. The largest absolute Gasteiger partial charge is 0.508 e. The highest BCUT2D eigenvalue weighted by Gasteiger charge is 2.11. The molecule has 0 radical (unpaired) electrons. The Morgan fingerprint density at radius 2 is 2.24 bits per heavy atom. The molecule has 1 aromatic heterocycles. The van der Waals surface area contributed by atoms with E-state index in [2.05, 4.69) is 33.1 Å². The molecular formula is C12H13BrN2OS. The predicted octanol–water partition coefficient (Wildman–Crippen LogP) is 3.68. The minimum Gasteiger partial charge on any atom is -0.508 e. The first-order valence-electron chi connectivity index (χ1n) is 5.43. The van der Waals surface area contributed by atoms with Crippen molar-refractivity contribution in [1.82, 2.24) is 10.2 Å². The molecule has 3 nitrogen and oxygen atoms in total. The third-order valence-electron chi connectivity index (χ3n) is 2.37. The zero-order valence-corrected chi connectivity index (χ0v) is 11.8. The third kappa shape index (κ3) is 3.26. The summed E-state index contributed by atoms with van der Waals surface area (Å²) < 4.78 is 0. The van der Waals surface area contributed by atoms with Gasteiger partial charge in [-0.15, -0.1) is 10.2 Å². The number of hydrogen-bond donors (Lipinski definition) is 1. The number of phenolic OH excluding ortho intramolecular Hbond substituents is 1. The molecular weight excluding hydrogens is 300 g/mol. The normalized spacial score (nSPS) is 12.6. The van der Waals surface area contributed by atoms with Gasteiger partial charge in [-0.2, -0.15) is 0 Å². The van der Waals surface area contributed by atoms with Gasteiger partial charge in [-0.05, 0) is 24.1 Å². The summed E-state index contributed by atoms with van der Waals surface area (Å²) >= 11 is 5.18. The van der Waals surface area contributed by atoms with Crippen molar-refractivity contribution in [1.29, 1.82) is 0 Å². The highest BCUT2D eigenvalue weighted by atomic mass is 79.9. The van der Waals surface area contributed by atoms with E-state index in [9.17, 15) is 5.11 Å². The molecule has 5 heteroatoms. The summed E-state index contributed by atoms with van der Waals surface area (Å²) in [4.78, 5) is 0.290. The second-order valence-corrected chi connectivity index (χ2v) is 5.96. The van der Waals surface area contributed by atoms with Gasteiger partial charge in [-0.25, -0.2) is 0 Å². The lowest BCUT2D eigenvalue weighted by atomic mass is 10.1. The fraction of sp³-hybridized carbons (Fsp3) is 0.333. The molecule has 2 rings (SSSR count). The first kappa shape index (κ1) is 12.5. The van der Waals surface area contributed by atoms with Crippen molar-refractivity contribution in [2.24, 2.45) is 0 Å². The zero-order valence-electron chi connectivity index (χ0n) is 9.43. The summed E-state index contributed by atoms with van der Waals surface area (Å²) in [6.07, 6.45) is 1.72. The van der Waals surface area contributed by atoms with Gasteiger partial charge in [0.2, 0.25) is 0 Å². The van der Waals surface area contributed by atoms with Crippen molar-refractivity contribution in [3.63, 3.8) is 0 Å². The van der Waals surface area contributed by atoms with Gasteiger partial charge in [0, 0.05) is 6.42 Å². The molecule has 0 saturated carbocycles. The van der Waals surface area contributed by atoms with Gasteiger partial charge in [0.15, 0.2) is 0 Å². The van der Waals surface area contributed by atoms with Gasteiger partial charge in [0.1, 0.15) is 15.8 Å². The summed E-state index contributed by atoms with van der Waals surface area (Å²) in [6.45, 7) is 2.11. The number of rotatable bonds is 4. The predicted molar refractivity (Wildman–Crippen MR) is 72.8 cm³/mol. The van der Waals surface area contributed by atoms with E-state index in [1.807, 2.05) is 12.1 Å². The van der Waals surface area contributed by atoms with E-state index in [4.69, 9.17) is 0 Å². The molecule has 0 amide bonds. The van der Waals surface area contributed by atoms with Crippen LogP contribution in [0.5, 0.6) is 5.75 Å². The van der Waals surface area contributed by atoms with E-state index in [-0.39, 0.29) is 4.83 Å². The zero-order chi connectivity index (χ0) is 12.3. The minimum absolute atomic E-state index is 0.290.